The lowest BCUT2D eigenvalue weighted by atomic mass is 10.3. The predicted octanol–water partition coefficient (Wildman–Crippen LogP) is 3.29. The predicted molar refractivity (Wildman–Crippen MR) is 64.4 cm³/mol. The van der Waals surface area contributed by atoms with Crippen LogP contribution in [0.4, 0.5) is 10.1 Å². The highest BCUT2D eigenvalue weighted by Crippen LogP contribution is 2.35. The van der Waals surface area contributed by atoms with Crippen molar-refractivity contribution in [1.82, 2.24) is 0 Å². The van der Waals surface area contributed by atoms with Gasteiger partial charge in [-0.2, -0.15) is 0 Å². The Morgan fingerprint density at radius 2 is 2.11 bits per heavy atom. The van der Waals surface area contributed by atoms with E-state index in [1.165, 1.54) is 12.1 Å². The minimum absolute atomic E-state index is 0.0414. The molecule has 8 heteroatoms. The zero-order chi connectivity index (χ0) is 14.0. The number of carbonyl (C=O) groups is 1. The lowest BCUT2D eigenvalue weighted by molar-refractivity contribution is -0.385. The number of hydrogen-bond acceptors (Lipinski definition) is 5. The Kier molecular flexibility index (Phi) is 3.43. The molecule has 0 aliphatic carbocycles. The summed E-state index contributed by atoms with van der Waals surface area (Å²) in [6.45, 7) is 0. The van der Waals surface area contributed by atoms with Crippen LogP contribution in [-0.4, -0.2) is 16.0 Å². The third-order valence-electron chi connectivity index (χ3n) is 2.12. The number of carboxylic acid groups (broad SMARTS) is 1. The molecule has 0 amide bonds. The van der Waals surface area contributed by atoms with Crippen molar-refractivity contribution in [2.75, 3.05) is 0 Å². The van der Waals surface area contributed by atoms with E-state index < -0.39 is 22.4 Å². The summed E-state index contributed by atoms with van der Waals surface area (Å²) in [7, 11) is 0. The van der Waals surface area contributed by atoms with Crippen LogP contribution in [0.3, 0.4) is 0 Å². The summed E-state index contributed by atoms with van der Waals surface area (Å²) in [6, 6.07) is 5.57. The summed E-state index contributed by atoms with van der Waals surface area (Å²) in [5.74, 6) is -2.02. The molecule has 0 radical (unpaired) electrons. The largest absolute Gasteiger partial charge is 0.477 e. The van der Waals surface area contributed by atoms with Crippen LogP contribution in [-0.2, 0) is 0 Å². The van der Waals surface area contributed by atoms with Crippen LogP contribution in [0.5, 0.6) is 10.8 Å². The summed E-state index contributed by atoms with van der Waals surface area (Å²) in [5.41, 5.74) is -0.523. The first-order chi connectivity index (χ1) is 8.97. The SMILES string of the molecule is O=C(O)c1ccc(Oc2ccc(F)cc2[N+](=O)[O-])s1. The van der Waals surface area contributed by atoms with Crippen molar-refractivity contribution in [3.8, 4) is 10.8 Å². The van der Waals surface area contributed by atoms with E-state index in [1.807, 2.05) is 0 Å². The lowest BCUT2D eigenvalue weighted by Crippen LogP contribution is -1.93. The van der Waals surface area contributed by atoms with Crippen molar-refractivity contribution < 1.29 is 24.0 Å². The Labute approximate surface area is 109 Å². The number of hydrogen-bond donors (Lipinski definition) is 1. The third kappa shape index (κ3) is 2.86. The van der Waals surface area contributed by atoms with Gasteiger partial charge in [0.2, 0.25) is 5.75 Å². The van der Waals surface area contributed by atoms with Crippen molar-refractivity contribution >= 4 is 23.0 Å². The first-order valence-corrected chi connectivity index (χ1v) is 5.74. The van der Waals surface area contributed by atoms with E-state index in [1.54, 1.807) is 0 Å². The summed E-state index contributed by atoms with van der Waals surface area (Å²) in [5, 5.41) is 19.7. The van der Waals surface area contributed by atoms with Crippen LogP contribution in [0.2, 0.25) is 0 Å². The maximum atomic E-state index is 12.9. The minimum Gasteiger partial charge on any atom is -0.477 e. The number of rotatable bonds is 4. The lowest BCUT2D eigenvalue weighted by Gasteiger charge is -2.03. The second kappa shape index (κ2) is 5.02. The van der Waals surface area contributed by atoms with Crippen LogP contribution < -0.4 is 4.74 Å². The zero-order valence-corrected chi connectivity index (χ0v) is 10.0. The van der Waals surface area contributed by atoms with Gasteiger partial charge < -0.3 is 9.84 Å². The van der Waals surface area contributed by atoms with Gasteiger partial charge in [0.15, 0.2) is 5.06 Å². The number of halogens is 1. The van der Waals surface area contributed by atoms with E-state index in [4.69, 9.17) is 9.84 Å². The first kappa shape index (κ1) is 13.0. The number of nitro benzene ring substituents is 1. The van der Waals surface area contributed by atoms with E-state index in [2.05, 4.69) is 0 Å². The number of carboxylic acids is 1. The molecule has 2 aromatic rings. The van der Waals surface area contributed by atoms with Gasteiger partial charge in [0.1, 0.15) is 10.7 Å². The molecular weight excluding hydrogens is 277 g/mol. The van der Waals surface area contributed by atoms with Gasteiger partial charge >= 0.3 is 11.7 Å². The quantitative estimate of drug-likeness (QED) is 0.686. The van der Waals surface area contributed by atoms with Gasteiger partial charge in [0.25, 0.3) is 0 Å². The summed E-state index contributed by atoms with van der Waals surface area (Å²) in [4.78, 5) is 20.7. The molecule has 1 N–H and O–H groups in total. The number of aromatic carboxylic acids is 1. The maximum Gasteiger partial charge on any atom is 0.345 e. The molecule has 0 spiro atoms. The maximum absolute atomic E-state index is 12.9. The average Bonchev–Trinajstić information content (AvgIpc) is 2.80. The second-order valence-electron chi connectivity index (χ2n) is 3.40. The van der Waals surface area contributed by atoms with E-state index in [0.29, 0.717) is 0 Å². The van der Waals surface area contributed by atoms with Crippen LogP contribution in [0.15, 0.2) is 30.3 Å². The van der Waals surface area contributed by atoms with Gasteiger partial charge in [-0.1, -0.05) is 11.3 Å². The van der Waals surface area contributed by atoms with Gasteiger partial charge in [-0.25, -0.2) is 9.18 Å². The number of nitro groups is 1. The van der Waals surface area contributed by atoms with Gasteiger partial charge in [-0.05, 0) is 24.3 Å². The molecule has 0 fully saturated rings. The van der Waals surface area contributed by atoms with Crippen molar-refractivity contribution in [1.29, 1.82) is 0 Å². The Bertz CT molecular complexity index is 654. The monoisotopic (exact) mass is 283 g/mol. The molecule has 98 valence electrons. The Morgan fingerprint density at radius 3 is 2.68 bits per heavy atom. The van der Waals surface area contributed by atoms with E-state index in [9.17, 15) is 19.3 Å². The average molecular weight is 283 g/mol. The molecule has 2 rings (SSSR count). The molecule has 0 aliphatic rings. The summed E-state index contributed by atoms with van der Waals surface area (Å²) < 4.78 is 18.1. The zero-order valence-electron chi connectivity index (χ0n) is 9.20. The molecule has 1 aromatic carbocycles. The minimum atomic E-state index is -1.12. The smallest absolute Gasteiger partial charge is 0.345 e. The standard InChI is InChI=1S/C11H6FNO5S/c12-6-1-2-8(7(5-6)13(16)17)18-10-4-3-9(19-10)11(14)15/h1-5H,(H,14,15). The van der Waals surface area contributed by atoms with Gasteiger partial charge in [-0.15, -0.1) is 0 Å². The topological polar surface area (TPSA) is 89.7 Å². The first-order valence-electron chi connectivity index (χ1n) is 4.92. The van der Waals surface area contributed by atoms with Gasteiger partial charge in [-0.3, -0.25) is 10.1 Å². The second-order valence-corrected chi connectivity index (χ2v) is 4.44. The molecule has 0 bridgehead atoms. The molecule has 1 heterocycles. The van der Waals surface area contributed by atoms with Gasteiger partial charge in [0.05, 0.1) is 11.0 Å². The number of nitrogens with zero attached hydrogens (tertiary/aromatic N) is 1. The fourth-order valence-electron chi connectivity index (χ4n) is 1.32. The molecule has 0 unspecified atom stereocenters. The summed E-state index contributed by atoms with van der Waals surface area (Å²) >= 11 is 0.822. The number of thiophene rings is 1. The van der Waals surface area contributed by atoms with Crippen molar-refractivity contribution in [3.63, 3.8) is 0 Å². The fraction of sp³-hybridized carbons (Fsp3) is 0. The highest BCUT2D eigenvalue weighted by atomic mass is 32.1. The number of ether oxygens (including phenoxy) is 1. The van der Waals surface area contributed by atoms with Gasteiger partial charge in [0, 0.05) is 0 Å². The fourth-order valence-corrected chi connectivity index (χ4v) is 2.03. The molecule has 0 saturated carbocycles. The van der Waals surface area contributed by atoms with Crippen molar-refractivity contribution in [3.05, 3.63) is 51.1 Å². The van der Waals surface area contributed by atoms with E-state index in [0.717, 1.165) is 29.5 Å². The molecule has 6 nitrogen and oxygen atoms in total. The molecule has 0 saturated heterocycles. The molecule has 19 heavy (non-hydrogen) atoms. The third-order valence-corrected chi connectivity index (χ3v) is 3.07. The Balaban J connectivity index is 2.32. The molecule has 0 aliphatic heterocycles. The molecule has 1 aromatic heterocycles. The number of benzene rings is 1. The molecule has 0 atom stereocenters. The highest BCUT2D eigenvalue weighted by molar-refractivity contribution is 7.15. The summed E-state index contributed by atoms with van der Waals surface area (Å²) in [6.07, 6.45) is 0. The van der Waals surface area contributed by atoms with Crippen LogP contribution in [0.1, 0.15) is 9.67 Å². The normalized spacial score (nSPS) is 10.2. The van der Waals surface area contributed by atoms with E-state index in [-0.39, 0.29) is 15.7 Å². The van der Waals surface area contributed by atoms with Crippen LogP contribution in [0, 0.1) is 15.9 Å². The Morgan fingerprint density at radius 1 is 1.37 bits per heavy atom. The van der Waals surface area contributed by atoms with Crippen molar-refractivity contribution in [2.45, 2.75) is 0 Å². The highest BCUT2D eigenvalue weighted by Gasteiger charge is 2.18. The molecular formula is C11H6FNO5S. The van der Waals surface area contributed by atoms with Crippen molar-refractivity contribution in [2.24, 2.45) is 0 Å². The Hall–Kier alpha value is -2.48. The van der Waals surface area contributed by atoms with Crippen LogP contribution >= 0.6 is 11.3 Å². The van der Waals surface area contributed by atoms with Crippen LogP contribution in [0.25, 0.3) is 0 Å². The van der Waals surface area contributed by atoms with E-state index >= 15 is 0 Å².